The normalized spacial score (nSPS) is 13.9. The van der Waals surface area contributed by atoms with Crippen LogP contribution in [0.15, 0.2) is 18.2 Å². The van der Waals surface area contributed by atoms with E-state index in [0.717, 1.165) is 0 Å². The number of hydrogen-bond acceptors (Lipinski definition) is 4. The van der Waals surface area contributed by atoms with Crippen molar-refractivity contribution in [2.75, 3.05) is 0 Å². The quantitative estimate of drug-likeness (QED) is 0.918. The molecule has 1 heterocycles. The maximum absolute atomic E-state index is 13.2. The number of tetrazole rings is 1. The largest absolute Gasteiger partial charge is 0.481 e. The first-order valence-corrected chi connectivity index (χ1v) is 6.70. The number of hydrogen-bond donors (Lipinski definition) is 1. The summed E-state index contributed by atoms with van der Waals surface area (Å²) in [5.74, 6) is -1.12. The third kappa shape index (κ3) is 3.02. The van der Waals surface area contributed by atoms with Gasteiger partial charge in [0.1, 0.15) is 5.82 Å². The van der Waals surface area contributed by atoms with Crippen LogP contribution in [-0.2, 0) is 11.3 Å². The molecular weight excluding hydrogens is 299 g/mol. The molecule has 0 aliphatic rings. The first-order valence-electron chi connectivity index (χ1n) is 6.32. The second-order valence-corrected chi connectivity index (χ2v) is 5.42. The summed E-state index contributed by atoms with van der Waals surface area (Å²) in [6.07, 6.45) is 0.422. The lowest BCUT2D eigenvalue weighted by Gasteiger charge is -2.22. The van der Waals surface area contributed by atoms with E-state index in [2.05, 4.69) is 15.5 Å². The number of halogens is 2. The molecule has 1 N–H and O–H groups in total. The van der Waals surface area contributed by atoms with Crippen molar-refractivity contribution in [2.24, 2.45) is 5.41 Å². The SMILES string of the molecule is CCC(C)(Cn1nnnc1-c1ccc(F)c(Cl)c1)C(=O)O. The van der Waals surface area contributed by atoms with Crippen molar-refractivity contribution in [3.8, 4) is 11.4 Å². The number of benzene rings is 1. The Hall–Kier alpha value is -2.02. The minimum Gasteiger partial charge on any atom is -0.481 e. The Kier molecular flexibility index (Phi) is 4.22. The van der Waals surface area contributed by atoms with Crippen molar-refractivity contribution in [1.82, 2.24) is 20.2 Å². The van der Waals surface area contributed by atoms with Crippen molar-refractivity contribution in [1.29, 1.82) is 0 Å². The zero-order chi connectivity index (χ0) is 15.6. The van der Waals surface area contributed by atoms with Gasteiger partial charge in [-0.3, -0.25) is 4.79 Å². The van der Waals surface area contributed by atoms with Gasteiger partial charge >= 0.3 is 5.97 Å². The van der Waals surface area contributed by atoms with Crippen molar-refractivity contribution in [3.05, 3.63) is 29.0 Å². The number of carboxylic acids is 1. The van der Waals surface area contributed by atoms with Gasteiger partial charge in [-0.25, -0.2) is 9.07 Å². The second kappa shape index (κ2) is 5.77. The van der Waals surface area contributed by atoms with Crippen LogP contribution in [0, 0.1) is 11.2 Å². The summed E-state index contributed by atoms with van der Waals surface area (Å²) < 4.78 is 14.6. The fraction of sp³-hybridized carbons (Fsp3) is 0.385. The fourth-order valence-corrected chi connectivity index (χ4v) is 1.99. The predicted molar refractivity (Wildman–Crippen MR) is 74.3 cm³/mol. The molecule has 2 rings (SSSR count). The Balaban J connectivity index is 2.39. The van der Waals surface area contributed by atoms with Crippen molar-refractivity contribution < 1.29 is 14.3 Å². The molecule has 0 aliphatic heterocycles. The first kappa shape index (κ1) is 15.4. The Labute approximate surface area is 125 Å². The molecule has 1 atom stereocenters. The summed E-state index contributed by atoms with van der Waals surface area (Å²) in [4.78, 5) is 11.4. The number of carbonyl (C=O) groups is 1. The summed E-state index contributed by atoms with van der Waals surface area (Å²) in [5.41, 5.74) is -0.469. The van der Waals surface area contributed by atoms with Gasteiger partial charge < -0.3 is 5.11 Å². The maximum Gasteiger partial charge on any atom is 0.311 e. The fourth-order valence-electron chi connectivity index (χ4n) is 1.81. The zero-order valence-corrected chi connectivity index (χ0v) is 12.3. The number of carboxylic acid groups (broad SMARTS) is 1. The predicted octanol–water partition coefficient (Wildman–Crippen LogP) is 2.63. The minimum absolute atomic E-state index is 0.0430. The maximum atomic E-state index is 13.2. The van der Waals surface area contributed by atoms with Gasteiger partial charge in [-0.1, -0.05) is 18.5 Å². The van der Waals surface area contributed by atoms with Crippen LogP contribution in [-0.4, -0.2) is 31.3 Å². The molecule has 0 amide bonds. The molecule has 21 heavy (non-hydrogen) atoms. The van der Waals surface area contributed by atoms with E-state index in [1.165, 1.54) is 22.9 Å². The molecule has 0 saturated heterocycles. The molecule has 0 saturated carbocycles. The summed E-state index contributed by atoms with van der Waals surface area (Å²) in [6.45, 7) is 3.52. The highest BCUT2D eigenvalue weighted by atomic mass is 35.5. The Bertz CT molecular complexity index is 676. The average molecular weight is 313 g/mol. The van der Waals surface area contributed by atoms with E-state index in [4.69, 9.17) is 11.6 Å². The van der Waals surface area contributed by atoms with E-state index < -0.39 is 17.2 Å². The lowest BCUT2D eigenvalue weighted by atomic mass is 9.88. The van der Waals surface area contributed by atoms with E-state index in [1.54, 1.807) is 13.8 Å². The summed E-state index contributed by atoms with van der Waals surface area (Å²) in [7, 11) is 0. The Morgan fingerprint density at radius 1 is 1.52 bits per heavy atom. The lowest BCUT2D eigenvalue weighted by Crippen LogP contribution is -2.32. The number of aliphatic carboxylic acids is 1. The zero-order valence-electron chi connectivity index (χ0n) is 11.5. The lowest BCUT2D eigenvalue weighted by molar-refractivity contribution is -0.149. The van der Waals surface area contributed by atoms with Crippen LogP contribution in [0.3, 0.4) is 0 Å². The van der Waals surface area contributed by atoms with Gasteiger partial charge in [-0.2, -0.15) is 0 Å². The van der Waals surface area contributed by atoms with Crippen LogP contribution < -0.4 is 0 Å². The summed E-state index contributed by atoms with van der Waals surface area (Å²) in [6, 6.07) is 4.11. The standard InChI is InChI=1S/C13H14ClFN4O2/c1-3-13(2,12(20)21)7-19-11(16-17-18-19)8-4-5-10(15)9(14)6-8/h4-6H,3,7H2,1-2H3,(H,20,21). The molecule has 0 spiro atoms. The molecule has 112 valence electrons. The number of nitrogens with zero attached hydrogens (tertiary/aromatic N) is 4. The van der Waals surface area contributed by atoms with Gasteiger partial charge in [-0.05, 0) is 42.0 Å². The van der Waals surface area contributed by atoms with Crippen LogP contribution in [0.4, 0.5) is 4.39 Å². The van der Waals surface area contributed by atoms with Gasteiger partial charge in [-0.15, -0.1) is 5.10 Å². The van der Waals surface area contributed by atoms with Crippen LogP contribution in [0.25, 0.3) is 11.4 Å². The highest BCUT2D eigenvalue weighted by Gasteiger charge is 2.33. The highest BCUT2D eigenvalue weighted by molar-refractivity contribution is 6.31. The molecule has 0 fully saturated rings. The second-order valence-electron chi connectivity index (χ2n) is 5.01. The van der Waals surface area contributed by atoms with E-state index in [-0.39, 0.29) is 11.6 Å². The molecular formula is C13H14ClFN4O2. The van der Waals surface area contributed by atoms with E-state index in [0.29, 0.717) is 17.8 Å². The average Bonchev–Trinajstić information content (AvgIpc) is 2.89. The summed E-state index contributed by atoms with van der Waals surface area (Å²) in [5, 5.41) is 20.5. The molecule has 0 radical (unpaired) electrons. The van der Waals surface area contributed by atoms with Gasteiger partial charge in [0.25, 0.3) is 0 Å². The molecule has 0 aliphatic carbocycles. The van der Waals surface area contributed by atoms with Gasteiger partial charge in [0.15, 0.2) is 5.82 Å². The molecule has 6 nitrogen and oxygen atoms in total. The van der Waals surface area contributed by atoms with Crippen molar-refractivity contribution in [2.45, 2.75) is 26.8 Å². The molecule has 1 aromatic heterocycles. The van der Waals surface area contributed by atoms with E-state index in [1.807, 2.05) is 0 Å². The Morgan fingerprint density at radius 2 is 2.24 bits per heavy atom. The highest BCUT2D eigenvalue weighted by Crippen LogP contribution is 2.27. The van der Waals surface area contributed by atoms with Gasteiger partial charge in [0, 0.05) is 5.56 Å². The third-order valence-electron chi connectivity index (χ3n) is 3.51. The van der Waals surface area contributed by atoms with Gasteiger partial charge in [0.2, 0.25) is 0 Å². The first-order chi connectivity index (χ1) is 9.87. The van der Waals surface area contributed by atoms with Crippen LogP contribution in [0.1, 0.15) is 20.3 Å². The molecule has 0 bridgehead atoms. The Morgan fingerprint density at radius 3 is 2.81 bits per heavy atom. The van der Waals surface area contributed by atoms with E-state index in [9.17, 15) is 14.3 Å². The summed E-state index contributed by atoms with van der Waals surface area (Å²) >= 11 is 5.75. The monoisotopic (exact) mass is 312 g/mol. The van der Waals surface area contributed by atoms with E-state index >= 15 is 0 Å². The molecule has 2 aromatic rings. The molecule has 8 heteroatoms. The smallest absolute Gasteiger partial charge is 0.311 e. The van der Waals surface area contributed by atoms with Crippen molar-refractivity contribution in [3.63, 3.8) is 0 Å². The van der Waals surface area contributed by atoms with Crippen LogP contribution >= 0.6 is 11.6 Å². The van der Waals surface area contributed by atoms with Crippen LogP contribution in [0.5, 0.6) is 0 Å². The number of rotatable bonds is 5. The minimum atomic E-state index is -0.992. The topological polar surface area (TPSA) is 80.9 Å². The molecule has 1 unspecified atom stereocenters. The number of aromatic nitrogens is 4. The van der Waals surface area contributed by atoms with Crippen LogP contribution in [0.2, 0.25) is 5.02 Å². The van der Waals surface area contributed by atoms with Crippen molar-refractivity contribution >= 4 is 17.6 Å². The third-order valence-corrected chi connectivity index (χ3v) is 3.79. The molecule has 1 aromatic carbocycles. The van der Waals surface area contributed by atoms with Gasteiger partial charge in [0.05, 0.1) is 17.0 Å².